The molecule has 0 aliphatic heterocycles. The van der Waals surface area contributed by atoms with Crippen LogP contribution in [0.4, 0.5) is 9.52 Å². The van der Waals surface area contributed by atoms with Gasteiger partial charge in [0.15, 0.2) is 5.76 Å². The standard InChI is InChI=1S/C16H16FN3O2S/c1-8(2)15-19-20-16(23-15)18-7-12(21)14-9(3)11-6-10(17)4-5-13(11)22-14/h4-6,8H,7H2,1-3H3,(H,18,20). The fourth-order valence-corrected chi connectivity index (χ4v) is 2.98. The largest absolute Gasteiger partial charge is 0.453 e. The van der Waals surface area contributed by atoms with Crippen LogP contribution in [0, 0.1) is 12.7 Å². The molecule has 0 atom stereocenters. The van der Waals surface area contributed by atoms with Gasteiger partial charge in [-0.3, -0.25) is 4.79 Å². The number of carbonyl (C=O) groups is 1. The normalized spacial score (nSPS) is 11.3. The number of furan rings is 1. The highest BCUT2D eigenvalue weighted by Crippen LogP contribution is 2.27. The average Bonchev–Trinajstić information content (AvgIpc) is 3.11. The number of rotatable bonds is 5. The third-order valence-electron chi connectivity index (χ3n) is 3.49. The molecule has 0 unspecified atom stereocenters. The van der Waals surface area contributed by atoms with Crippen molar-refractivity contribution in [3.63, 3.8) is 0 Å². The summed E-state index contributed by atoms with van der Waals surface area (Å²) in [6.07, 6.45) is 0. The maximum atomic E-state index is 13.3. The van der Waals surface area contributed by atoms with E-state index in [1.54, 1.807) is 6.92 Å². The number of aromatic nitrogens is 2. The Morgan fingerprint density at radius 3 is 2.87 bits per heavy atom. The van der Waals surface area contributed by atoms with Gasteiger partial charge in [-0.05, 0) is 25.1 Å². The molecular weight excluding hydrogens is 317 g/mol. The van der Waals surface area contributed by atoms with Crippen LogP contribution in [0.15, 0.2) is 22.6 Å². The minimum atomic E-state index is -0.353. The molecule has 3 aromatic rings. The number of hydrogen-bond donors (Lipinski definition) is 1. The Morgan fingerprint density at radius 2 is 2.17 bits per heavy atom. The van der Waals surface area contributed by atoms with Gasteiger partial charge >= 0.3 is 0 Å². The van der Waals surface area contributed by atoms with Crippen LogP contribution in [-0.4, -0.2) is 22.5 Å². The molecule has 3 rings (SSSR count). The molecule has 0 amide bonds. The van der Waals surface area contributed by atoms with Crippen molar-refractivity contribution in [2.24, 2.45) is 0 Å². The van der Waals surface area contributed by atoms with E-state index in [1.165, 1.54) is 29.5 Å². The zero-order valence-electron chi connectivity index (χ0n) is 13.0. The molecule has 7 heteroatoms. The molecule has 0 bridgehead atoms. The summed E-state index contributed by atoms with van der Waals surface area (Å²) in [7, 11) is 0. The molecule has 1 N–H and O–H groups in total. The molecule has 0 saturated carbocycles. The predicted molar refractivity (Wildman–Crippen MR) is 87.7 cm³/mol. The maximum Gasteiger partial charge on any atom is 0.217 e. The van der Waals surface area contributed by atoms with Crippen molar-refractivity contribution < 1.29 is 13.6 Å². The highest BCUT2D eigenvalue weighted by Gasteiger charge is 2.18. The number of benzene rings is 1. The summed E-state index contributed by atoms with van der Waals surface area (Å²) < 4.78 is 18.9. The molecule has 1 aromatic carbocycles. The molecule has 0 fully saturated rings. The second-order valence-electron chi connectivity index (χ2n) is 5.57. The van der Waals surface area contributed by atoms with Gasteiger partial charge in [0.05, 0.1) is 6.54 Å². The molecule has 0 saturated heterocycles. The lowest BCUT2D eigenvalue weighted by atomic mass is 10.1. The van der Waals surface area contributed by atoms with E-state index in [4.69, 9.17) is 4.42 Å². The fourth-order valence-electron chi connectivity index (χ4n) is 2.23. The predicted octanol–water partition coefficient (Wildman–Crippen LogP) is 4.15. The van der Waals surface area contributed by atoms with E-state index in [0.717, 1.165) is 5.01 Å². The number of Topliss-reactive ketones (excluding diaryl/α,β-unsaturated/α-hetero) is 1. The number of aryl methyl sites for hydroxylation is 1. The first-order chi connectivity index (χ1) is 11.0. The lowest BCUT2D eigenvalue weighted by molar-refractivity contribution is 0.0981. The van der Waals surface area contributed by atoms with Crippen LogP contribution in [0.2, 0.25) is 0 Å². The van der Waals surface area contributed by atoms with Gasteiger partial charge in [-0.25, -0.2) is 4.39 Å². The number of anilines is 1. The molecule has 0 radical (unpaired) electrons. The lowest BCUT2D eigenvalue weighted by Crippen LogP contribution is -2.14. The van der Waals surface area contributed by atoms with Crippen molar-refractivity contribution in [2.45, 2.75) is 26.7 Å². The summed E-state index contributed by atoms with van der Waals surface area (Å²) in [5.74, 6) is -0.0213. The van der Waals surface area contributed by atoms with Gasteiger partial charge < -0.3 is 9.73 Å². The number of hydrogen-bond acceptors (Lipinski definition) is 6. The second kappa shape index (κ2) is 6.08. The van der Waals surface area contributed by atoms with Gasteiger partial charge in [0.2, 0.25) is 10.9 Å². The van der Waals surface area contributed by atoms with E-state index < -0.39 is 0 Å². The lowest BCUT2D eigenvalue weighted by Gasteiger charge is -2.00. The van der Waals surface area contributed by atoms with Crippen molar-refractivity contribution in [2.75, 3.05) is 11.9 Å². The monoisotopic (exact) mass is 333 g/mol. The topological polar surface area (TPSA) is 68.0 Å². The minimum Gasteiger partial charge on any atom is -0.453 e. The maximum absolute atomic E-state index is 13.3. The summed E-state index contributed by atoms with van der Waals surface area (Å²) in [5, 5.41) is 13.2. The number of halogens is 1. The van der Waals surface area contributed by atoms with E-state index in [2.05, 4.69) is 15.5 Å². The van der Waals surface area contributed by atoms with E-state index in [1.807, 2.05) is 13.8 Å². The van der Waals surface area contributed by atoms with Crippen LogP contribution >= 0.6 is 11.3 Å². The summed E-state index contributed by atoms with van der Waals surface area (Å²) in [4.78, 5) is 12.3. The summed E-state index contributed by atoms with van der Waals surface area (Å²) in [5.41, 5.74) is 1.15. The Hall–Kier alpha value is -2.28. The third-order valence-corrected chi connectivity index (χ3v) is 4.67. The van der Waals surface area contributed by atoms with Crippen molar-refractivity contribution in [1.29, 1.82) is 0 Å². The first kappa shape index (κ1) is 15.6. The quantitative estimate of drug-likeness (QED) is 0.710. The Labute approximate surface area is 136 Å². The van der Waals surface area contributed by atoms with Crippen LogP contribution in [-0.2, 0) is 0 Å². The second-order valence-corrected chi connectivity index (χ2v) is 6.58. The van der Waals surface area contributed by atoms with Crippen LogP contribution in [0.3, 0.4) is 0 Å². The Balaban J connectivity index is 1.76. The molecular formula is C16H16FN3O2S. The third kappa shape index (κ3) is 3.10. The molecule has 5 nitrogen and oxygen atoms in total. The fraction of sp³-hybridized carbons (Fsp3) is 0.312. The molecule has 2 heterocycles. The SMILES string of the molecule is Cc1c(C(=O)CNc2nnc(C(C)C)s2)oc2ccc(F)cc12. The van der Waals surface area contributed by atoms with Gasteiger partial charge in [-0.1, -0.05) is 25.2 Å². The molecule has 23 heavy (non-hydrogen) atoms. The number of nitrogens with zero attached hydrogens (tertiary/aromatic N) is 2. The Kier molecular flexibility index (Phi) is 4.12. The zero-order chi connectivity index (χ0) is 16.6. The van der Waals surface area contributed by atoms with Gasteiger partial charge in [-0.2, -0.15) is 0 Å². The van der Waals surface area contributed by atoms with Gasteiger partial charge in [0.1, 0.15) is 16.4 Å². The summed E-state index contributed by atoms with van der Waals surface area (Å²) >= 11 is 1.42. The summed E-state index contributed by atoms with van der Waals surface area (Å²) in [6, 6.07) is 4.21. The highest BCUT2D eigenvalue weighted by molar-refractivity contribution is 7.15. The molecule has 2 aromatic heterocycles. The Morgan fingerprint density at radius 1 is 1.39 bits per heavy atom. The van der Waals surface area contributed by atoms with Crippen LogP contribution in [0.5, 0.6) is 0 Å². The van der Waals surface area contributed by atoms with E-state index >= 15 is 0 Å². The molecule has 0 spiro atoms. The van der Waals surface area contributed by atoms with E-state index in [0.29, 0.717) is 27.6 Å². The number of ketones is 1. The van der Waals surface area contributed by atoms with E-state index in [-0.39, 0.29) is 23.9 Å². The number of nitrogens with one attached hydrogen (secondary N) is 1. The van der Waals surface area contributed by atoms with Gasteiger partial charge in [0.25, 0.3) is 0 Å². The average molecular weight is 333 g/mol. The van der Waals surface area contributed by atoms with Crippen molar-refractivity contribution in [1.82, 2.24) is 10.2 Å². The first-order valence-corrected chi connectivity index (χ1v) is 8.06. The Bertz CT molecular complexity index is 869. The van der Waals surface area contributed by atoms with Crippen molar-refractivity contribution in [3.05, 3.63) is 40.3 Å². The van der Waals surface area contributed by atoms with Crippen LogP contribution in [0.1, 0.15) is 40.9 Å². The smallest absolute Gasteiger partial charge is 0.217 e. The molecule has 0 aliphatic rings. The molecule has 0 aliphatic carbocycles. The van der Waals surface area contributed by atoms with Gasteiger partial charge in [-0.15, -0.1) is 10.2 Å². The van der Waals surface area contributed by atoms with Crippen LogP contribution in [0.25, 0.3) is 11.0 Å². The number of fused-ring (bicyclic) bond motifs is 1. The van der Waals surface area contributed by atoms with E-state index in [9.17, 15) is 9.18 Å². The van der Waals surface area contributed by atoms with Crippen LogP contribution < -0.4 is 5.32 Å². The summed E-state index contributed by atoms with van der Waals surface area (Å²) in [6.45, 7) is 5.87. The number of carbonyl (C=O) groups excluding carboxylic acids is 1. The first-order valence-electron chi connectivity index (χ1n) is 7.25. The van der Waals surface area contributed by atoms with Crippen molar-refractivity contribution >= 4 is 33.2 Å². The highest BCUT2D eigenvalue weighted by atomic mass is 32.1. The van der Waals surface area contributed by atoms with Gasteiger partial charge in [0, 0.05) is 16.9 Å². The molecule has 120 valence electrons. The van der Waals surface area contributed by atoms with Crippen molar-refractivity contribution in [3.8, 4) is 0 Å². The minimum absolute atomic E-state index is 0.0515. The zero-order valence-corrected chi connectivity index (χ0v) is 13.8.